The maximum atomic E-state index is 9.01. The van der Waals surface area contributed by atoms with Gasteiger partial charge in [0.1, 0.15) is 0 Å². The summed E-state index contributed by atoms with van der Waals surface area (Å²) in [5.41, 5.74) is 1.40. The van der Waals surface area contributed by atoms with E-state index in [0.29, 0.717) is 6.61 Å². The molecule has 1 heterocycles. The van der Waals surface area contributed by atoms with E-state index < -0.39 is 0 Å². The highest BCUT2D eigenvalue weighted by atomic mass is 16.3. The Labute approximate surface area is 59.9 Å². The molecule has 0 unspecified atom stereocenters. The lowest BCUT2D eigenvalue weighted by Crippen LogP contribution is -2.10. The monoisotopic (exact) mass is 137 g/mol. The number of aliphatic hydroxyl groups is 1. The number of hydrogen-bond donors (Lipinski definition) is 2. The third-order valence-corrected chi connectivity index (χ3v) is 2.37. The van der Waals surface area contributed by atoms with Gasteiger partial charge in [-0.2, -0.15) is 0 Å². The minimum Gasteiger partial charge on any atom is -0.395 e. The average molecular weight is 137 g/mol. The smallest absolute Gasteiger partial charge is 0.0528 e. The highest BCUT2D eigenvalue weighted by molar-refractivity contribution is 5.28. The van der Waals surface area contributed by atoms with E-state index in [0.717, 1.165) is 12.8 Å². The number of aromatic amines is 1. The van der Waals surface area contributed by atoms with Crippen LogP contribution in [0.1, 0.15) is 18.4 Å². The van der Waals surface area contributed by atoms with Crippen molar-refractivity contribution in [3.8, 4) is 0 Å². The normalized spacial score (nSPS) is 20.9. The van der Waals surface area contributed by atoms with Gasteiger partial charge in [0.2, 0.25) is 0 Å². The van der Waals surface area contributed by atoms with Gasteiger partial charge in [-0.15, -0.1) is 0 Å². The molecule has 1 aliphatic carbocycles. The van der Waals surface area contributed by atoms with Gasteiger partial charge in [0.15, 0.2) is 0 Å². The largest absolute Gasteiger partial charge is 0.395 e. The molecular weight excluding hydrogens is 126 g/mol. The zero-order chi connectivity index (χ0) is 7.03. The molecule has 1 saturated carbocycles. The summed E-state index contributed by atoms with van der Waals surface area (Å²) in [7, 11) is 0. The van der Waals surface area contributed by atoms with Crippen LogP contribution in [0.2, 0.25) is 0 Å². The summed E-state index contributed by atoms with van der Waals surface area (Å²) >= 11 is 0. The summed E-state index contributed by atoms with van der Waals surface area (Å²) < 4.78 is 0. The van der Waals surface area contributed by atoms with Crippen molar-refractivity contribution in [2.45, 2.75) is 18.3 Å². The minimum absolute atomic E-state index is 0.139. The van der Waals surface area contributed by atoms with Crippen molar-refractivity contribution in [3.05, 3.63) is 24.0 Å². The second-order valence-corrected chi connectivity index (χ2v) is 3.04. The van der Waals surface area contributed by atoms with E-state index in [-0.39, 0.29) is 5.41 Å². The molecule has 2 nitrogen and oxygen atoms in total. The number of aliphatic hydroxyl groups excluding tert-OH is 1. The van der Waals surface area contributed by atoms with Crippen LogP contribution < -0.4 is 0 Å². The molecule has 1 aromatic rings. The average Bonchev–Trinajstić information content (AvgIpc) is 2.58. The van der Waals surface area contributed by atoms with Crippen LogP contribution in [0, 0.1) is 0 Å². The van der Waals surface area contributed by atoms with Gasteiger partial charge < -0.3 is 10.1 Å². The van der Waals surface area contributed by atoms with Crippen molar-refractivity contribution in [1.29, 1.82) is 0 Å². The summed E-state index contributed by atoms with van der Waals surface area (Å²) in [5.74, 6) is 0. The van der Waals surface area contributed by atoms with Crippen LogP contribution >= 0.6 is 0 Å². The third-order valence-electron chi connectivity index (χ3n) is 2.37. The highest BCUT2D eigenvalue weighted by Gasteiger charge is 2.43. The van der Waals surface area contributed by atoms with Crippen LogP contribution in [0.3, 0.4) is 0 Å². The first kappa shape index (κ1) is 5.98. The fraction of sp³-hybridized carbons (Fsp3) is 0.500. The molecule has 2 N–H and O–H groups in total. The van der Waals surface area contributed by atoms with Gasteiger partial charge in [-0.3, -0.25) is 0 Å². The zero-order valence-corrected chi connectivity index (χ0v) is 5.80. The minimum atomic E-state index is 0.139. The Hall–Kier alpha value is -0.760. The molecule has 2 rings (SSSR count). The molecule has 1 aliphatic rings. The van der Waals surface area contributed by atoms with E-state index in [1.165, 1.54) is 5.56 Å². The van der Waals surface area contributed by atoms with Crippen LogP contribution in [0.15, 0.2) is 18.5 Å². The van der Waals surface area contributed by atoms with Crippen LogP contribution in [0.5, 0.6) is 0 Å². The Kier molecular flexibility index (Phi) is 1.11. The fourth-order valence-electron chi connectivity index (χ4n) is 1.34. The number of H-pyrrole nitrogens is 1. The van der Waals surface area contributed by atoms with Gasteiger partial charge in [0, 0.05) is 17.8 Å². The van der Waals surface area contributed by atoms with Gasteiger partial charge in [0.25, 0.3) is 0 Å². The summed E-state index contributed by atoms with van der Waals surface area (Å²) in [5, 5.41) is 9.01. The molecule has 0 aromatic carbocycles. The van der Waals surface area contributed by atoms with E-state index in [4.69, 9.17) is 5.11 Å². The van der Waals surface area contributed by atoms with Gasteiger partial charge in [-0.05, 0) is 24.5 Å². The molecule has 0 atom stereocenters. The molecule has 10 heavy (non-hydrogen) atoms. The van der Waals surface area contributed by atoms with E-state index in [1.54, 1.807) is 0 Å². The van der Waals surface area contributed by atoms with Crippen LogP contribution in [-0.4, -0.2) is 16.7 Å². The van der Waals surface area contributed by atoms with Crippen molar-refractivity contribution >= 4 is 0 Å². The number of rotatable bonds is 2. The molecule has 1 aromatic heterocycles. The van der Waals surface area contributed by atoms with Gasteiger partial charge >= 0.3 is 0 Å². The maximum Gasteiger partial charge on any atom is 0.0528 e. The van der Waals surface area contributed by atoms with Crippen molar-refractivity contribution in [1.82, 2.24) is 4.98 Å². The number of aromatic nitrogens is 1. The lowest BCUT2D eigenvalue weighted by atomic mass is 10.0. The van der Waals surface area contributed by atoms with Crippen molar-refractivity contribution in [2.24, 2.45) is 0 Å². The van der Waals surface area contributed by atoms with E-state index >= 15 is 0 Å². The van der Waals surface area contributed by atoms with Crippen molar-refractivity contribution in [3.63, 3.8) is 0 Å². The van der Waals surface area contributed by atoms with Crippen LogP contribution in [-0.2, 0) is 5.41 Å². The Morgan fingerprint density at radius 3 is 2.80 bits per heavy atom. The number of hydrogen-bond acceptors (Lipinski definition) is 1. The molecular formula is C8H11NO. The van der Waals surface area contributed by atoms with Crippen molar-refractivity contribution < 1.29 is 5.11 Å². The second-order valence-electron chi connectivity index (χ2n) is 3.04. The fourth-order valence-corrected chi connectivity index (χ4v) is 1.34. The predicted octanol–water partition coefficient (Wildman–Crippen LogP) is 1.04. The molecule has 0 radical (unpaired) electrons. The lowest BCUT2D eigenvalue weighted by Gasteiger charge is -2.07. The molecule has 1 fully saturated rings. The van der Waals surface area contributed by atoms with Gasteiger partial charge in [0.05, 0.1) is 6.61 Å². The summed E-state index contributed by atoms with van der Waals surface area (Å²) in [6.07, 6.45) is 6.16. The zero-order valence-electron chi connectivity index (χ0n) is 5.80. The summed E-state index contributed by atoms with van der Waals surface area (Å²) in [6.45, 7) is 0.296. The van der Waals surface area contributed by atoms with Gasteiger partial charge in [-0.1, -0.05) is 0 Å². The quantitative estimate of drug-likeness (QED) is 0.627. The standard InChI is InChI=1S/C8H11NO/c10-6-8(2-3-8)7-1-4-9-5-7/h1,4-5,9-10H,2-3,6H2. The van der Waals surface area contributed by atoms with Gasteiger partial charge in [-0.25, -0.2) is 0 Å². The molecule has 0 saturated heterocycles. The maximum absolute atomic E-state index is 9.01. The molecule has 0 spiro atoms. The number of nitrogens with one attached hydrogen (secondary N) is 1. The van der Waals surface area contributed by atoms with Crippen molar-refractivity contribution in [2.75, 3.05) is 6.61 Å². The topological polar surface area (TPSA) is 36.0 Å². The lowest BCUT2D eigenvalue weighted by molar-refractivity contribution is 0.255. The molecule has 0 amide bonds. The Morgan fingerprint density at radius 2 is 2.40 bits per heavy atom. The van der Waals surface area contributed by atoms with E-state index in [2.05, 4.69) is 4.98 Å². The molecule has 54 valence electrons. The molecule has 2 heteroatoms. The Bertz CT molecular complexity index is 211. The van der Waals surface area contributed by atoms with Crippen LogP contribution in [0.4, 0.5) is 0 Å². The summed E-state index contributed by atoms with van der Waals surface area (Å²) in [4.78, 5) is 3.00. The first-order valence-electron chi connectivity index (χ1n) is 3.61. The Balaban J connectivity index is 2.27. The Morgan fingerprint density at radius 1 is 1.60 bits per heavy atom. The van der Waals surface area contributed by atoms with E-state index in [9.17, 15) is 0 Å². The first-order chi connectivity index (χ1) is 4.87. The highest BCUT2D eigenvalue weighted by Crippen LogP contribution is 2.47. The molecule has 0 bridgehead atoms. The summed E-state index contributed by atoms with van der Waals surface area (Å²) in [6, 6.07) is 2.04. The third kappa shape index (κ3) is 0.688. The SMILES string of the molecule is OCC1(c2cc[nH]c2)CC1. The molecule has 0 aliphatic heterocycles. The predicted molar refractivity (Wildman–Crippen MR) is 38.8 cm³/mol. The second kappa shape index (κ2) is 1.86. The first-order valence-corrected chi connectivity index (χ1v) is 3.61. The van der Waals surface area contributed by atoms with Crippen LogP contribution in [0.25, 0.3) is 0 Å². The van der Waals surface area contributed by atoms with E-state index in [1.807, 2.05) is 18.5 Å².